The second-order valence-corrected chi connectivity index (χ2v) is 4.10. The number of pyridine rings is 1. The molecule has 1 atom stereocenters. The van der Waals surface area contributed by atoms with Crippen LogP contribution in [-0.4, -0.2) is 23.9 Å². The number of halogens is 5. The van der Waals surface area contributed by atoms with Crippen LogP contribution in [0, 0.1) is 0 Å². The van der Waals surface area contributed by atoms with Crippen molar-refractivity contribution in [3.8, 4) is 5.88 Å². The van der Waals surface area contributed by atoms with Crippen LogP contribution in [0.5, 0.6) is 5.88 Å². The van der Waals surface area contributed by atoms with Gasteiger partial charge in [-0.2, -0.15) is 8.78 Å². The van der Waals surface area contributed by atoms with Crippen LogP contribution in [0.2, 0.25) is 5.02 Å². The van der Waals surface area contributed by atoms with Crippen molar-refractivity contribution in [2.45, 2.75) is 25.3 Å². The lowest BCUT2D eigenvalue weighted by molar-refractivity contribution is -0.148. The fraction of sp³-hybridized carbons (Fsp3) is 0.500. The summed E-state index contributed by atoms with van der Waals surface area (Å²) in [6.07, 6.45) is -2.52. The molecule has 1 aromatic rings. The summed E-state index contributed by atoms with van der Waals surface area (Å²) in [7, 11) is 0. The van der Waals surface area contributed by atoms with Crippen molar-refractivity contribution in [1.29, 1.82) is 0 Å². The standard InChI is InChI=1S/C10H11ClF4N2O/c1-5(16)6-2-7(11)8(17-3-6)18-4-10(14,15)9(12)13/h2-3,5,9H,4,16H2,1H3. The molecular formula is C10H11ClF4N2O. The molecule has 0 saturated heterocycles. The second kappa shape index (κ2) is 5.71. The van der Waals surface area contributed by atoms with Crippen molar-refractivity contribution in [2.24, 2.45) is 5.73 Å². The molecule has 1 rings (SSSR count). The van der Waals surface area contributed by atoms with Crippen molar-refractivity contribution in [2.75, 3.05) is 6.61 Å². The predicted molar refractivity (Wildman–Crippen MR) is 58.3 cm³/mol. The van der Waals surface area contributed by atoms with Gasteiger partial charge in [-0.15, -0.1) is 0 Å². The van der Waals surface area contributed by atoms with Gasteiger partial charge in [0.25, 0.3) is 0 Å². The van der Waals surface area contributed by atoms with Gasteiger partial charge in [-0.25, -0.2) is 13.8 Å². The number of hydrogen-bond donors (Lipinski definition) is 1. The largest absolute Gasteiger partial charge is 0.470 e. The van der Waals surface area contributed by atoms with Crippen LogP contribution < -0.4 is 10.5 Å². The van der Waals surface area contributed by atoms with Gasteiger partial charge < -0.3 is 10.5 Å². The Morgan fingerprint density at radius 1 is 1.50 bits per heavy atom. The third-order valence-electron chi connectivity index (χ3n) is 2.07. The van der Waals surface area contributed by atoms with Crippen molar-refractivity contribution in [3.05, 3.63) is 22.8 Å². The molecule has 0 fully saturated rings. The first kappa shape index (κ1) is 15.0. The zero-order valence-corrected chi connectivity index (χ0v) is 10.1. The number of rotatable bonds is 5. The maximum absolute atomic E-state index is 12.6. The van der Waals surface area contributed by atoms with Gasteiger partial charge in [0.05, 0.1) is 0 Å². The Balaban J connectivity index is 2.75. The highest BCUT2D eigenvalue weighted by Gasteiger charge is 2.42. The Hall–Kier alpha value is -1.08. The number of nitrogens with two attached hydrogens (primary N) is 1. The average molecular weight is 287 g/mol. The van der Waals surface area contributed by atoms with Crippen LogP contribution in [-0.2, 0) is 0 Å². The van der Waals surface area contributed by atoms with Gasteiger partial charge in [0.15, 0.2) is 6.61 Å². The van der Waals surface area contributed by atoms with Crippen LogP contribution in [0.25, 0.3) is 0 Å². The fourth-order valence-corrected chi connectivity index (χ4v) is 1.25. The number of hydrogen-bond acceptors (Lipinski definition) is 3. The van der Waals surface area contributed by atoms with Gasteiger partial charge in [-0.3, -0.25) is 0 Å². The van der Waals surface area contributed by atoms with E-state index in [4.69, 9.17) is 17.3 Å². The zero-order chi connectivity index (χ0) is 13.9. The molecule has 102 valence electrons. The quantitative estimate of drug-likeness (QED) is 0.847. The molecule has 0 aromatic carbocycles. The van der Waals surface area contributed by atoms with Gasteiger partial charge in [-0.05, 0) is 18.6 Å². The van der Waals surface area contributed by atoms with E-state index in [1.165, 1.54) is 12.3 Å². The molecule has 0 aliphatic carbocycles. The van der Waals surface area contributed by atoms with Crippen molar-refractivity contribution in [3.63, 3.8) is 0 Å². The predicted octanol–water partition coefficient (Wildman–Crippen LogP) is 3.03. The van der Waals surface area contributed by atoms with Gasteiger partial charge in [0, 0.05) is 12.2 Å². The molecule has 0 amide bonds. The summed E-state index contributed by atoms with van der Waals surface area (Å²) in [5.41, 5.74) is 6.13. The molecule has 0 aliphatic rings. The summed E-state index contributed by atoms with van der Waals surface area (Å²) in [6.45, 7) is 0.188. The van der Waals surface area contributed by atoms with E-state index in [2.05, 4.69) is 9.72 Å². The highest BCUT2D eigenvalue weighted by molar-refractivity contribution is 6.31. The lowest BCUT2D eigenvalue weighted by Gasteiger charge is -2.16. The monoisotopic (exact) mass is 286 g/mol. The topological polar surface area (TPSA) is 48.1 Å². The van der Waals surface area contributed by atoms with Crippen molar-refractivity contribution < 1.29 is 22.3 Å². The molecule has 0 spiro atoms. The van der Waals surface area contributed by atoms with E-state index in [0.29, 0.717) is 5.56 Å². The Bertz CT molecular complexity index is 415. The number of ether oxygens (including phenoxy) is 1. The van der Waals surface area contributed by atoms with E-state index in [0.717, 1.165) is 0 Å². The molecule has 1 heterocycles. The summed E-state index contributed by atoms with van der Waals surface area (Å²) in [4.78, 5) is 3.65. The van der Waals surface area contributed by atoms with E-state index in [9.17, 15) is 17.6 Å². The zero-order valence-electron chi connectivity index (χ0n) is 9.34. The van der Waals surface area contributed by atoms with Crippen molar-refractivity contribution >= 4 is 11.6 Å². The fourth-order valence-electron chi connectivity index (χ4n) is 1.02. The minimum absolute atomic E-state index is 0.0603. The van der Waals surface area contributed by atoms with E-state index in [-0.39, 0.29) is 16.9 Å². The van der Waals surface area contributed by atoms with Crippen LogP contribution in [0.15, 0.2) is 12.3 Å². The molecule has 2 N–H and O–H groups in total. The van der Waals surface area contributed by atoms with E-state index < -0.39 is 19.0 Å². The molecule has 1 aromatic heterocycles. The minimum atomic E-state index is -4.25. The molecule has 8 heteroatoms. The Labute approximate surface area is 106 Å². The van der Waals surface area contributed by atoms with Crippen LogP contribution in [0.1, 0.15) is 18.5 Å². The SMILES string of the molecule is CC(N)c1cnc(OCC(F)(F)C(F)F)c(Cl)c1. The normalized spacial score (nSPS) is 13.8. The van der Waals surface area contributed by atoms with Gasteiger partial charge in [-0.1, -0.05) is 11.6 Å². The lowest BCUT2D eigenvalue weighted by atomic mass is 10.2. The van der Waals surface area contributed by atoms with Gasteiger partial charge in [0.1, 0.15) is 5.02 Å². The van der Waals surface area contributed by atoms with E-state index >= 15 is 0 Å². The smallest absolute Gasteiger partial charge is 0.340 e. The number of alkyl halides is 4. The third kappa shape index (κ3) is 3.71. The average Bonchev–Trinajstić information content (AvgIpc) is 2.26. The Kier molecular flexibility index (Phi) is 4.75. The first-order valence-corrected chi connectivity index (χ1v) is 5.31. The van der Waals surface area contributed by atoms with E-state index in [1.54, 1.807) is 6.92 Å². The molecule has 3 nitrogen and oxygen atoms in total. The summed E-state index contributed by atoms with van der Waals surface area (Å²) in [5.74, 6) is -4.58. The highest BCUT2D eigenvalue weighted by Crippen LogP contribution is 2.28. The van der Waals surface area contributed by atoms with Crippen LogP contribution in [0.3, 0.4) is 0 Å². The summed E-state index contributed by atoms with van der Waals surface area (Å²) < 4.78 is 53.5. The first-order chi connectivity index (χ1) is 8.24. The lowest BCUT2D eigenvalue weighted by Crippen LogP contribution is -2.34. The second-order valence-electron chi connectivity index (χ2n) is 3.69. The van der Waals surface area contributed by atoms with Crippen LogP contribution >= 0.6 is 11.6 Å². The number of aromatic nitrogens is 1. The maximum atomic E-state index is 12.6. The molecule has 1 unspecified atom stereocenters. The van der Waals surface area contributed by atoms with Crippen molar-refractivity contribution in [1.82, 2.24) is 4.98 Å². The highest BCUT2D eigenvalue weighted by atomic mass is 35.5. The third-order valence-corrected chi connectivity index (χ3v) is 2.35. The molecule has 0 radical (unpaired) electrons. The molecule has 18 heavy (non-hydrogen) atoms. The first-order valence-electron chi connectivity index (χ1n) is 4.94. The molecule has 0 aliphatic heterocycles. The van der Waals surface area contributed by atoms with Crippen LogP contribution in [0.4, 0.5) is 17.6 Å². The maximum Gasteiger partial charge on any atom is 0.340 e. The summed E-state index contributed by atoms with van der Waals surface area (Å²) in [5, 5.41) is -0.0603. The van der Waals surface area contributed by atoms with Gasteiger partial charge >= 0.3 is 12.3 Å². The van der Waals surface area contributed by atoms with E-state index in [1.807, 2.05) is 0 Å². The molecule has 0 saturated carbocycles. The number of nitrogens with zero attached hydrogens (tertiary/aromatic N) is 1. The summed E-state index contributed by atoms with van der Waals surface area (Å²) >= 11 is 5.71. The Morgan fingerprint density at radius 2 is 2.11 bits per heavy atom. The van der Waals surface area contributed by atoms with Gasteiger partial charge in [0.2, 0.25) is 5.88 Å². The minimum Gasteiger partial charge on any atom is -0.470 e. The molecule has 0 bridgehead atoms. The molecular weight excluding hydrogens is 276 g/mol. The Morgan fingerprint density at radius 3 is 2.56 bits per heavy atom. The summed E-state index contributed by atoms with van der Waals surface area (Å²) in [6, 6.07) is 1.04.